The topological polar surface area (TPSA) is 111 Å². The van der Waals surface area contributed by atoms with Crippen molar-refractivity contribution in [3.8, 4) is 16.6 Å². The minimum atomic E-state index is -0.665. The molecule has 1 saturated carbocycles. The maximum Gasteiger partial charge on any atom is 0.420 e. The predicted octanol–water partition coefficient (Wildman–Crippen LogP) is 4.71. The molecule has 1 amide bonds. The van der Waals surface area contributed by atoms with E-state index in [9.17, 15) is 4.79 Å². The van der Waals surface area contributed by atoms with Gasteiger partial charge in [-0.15, -0.1) is 16.9 Å². The molecule has 1 fully saturated rings. The lowest BCUT2D eigenvalue weighted by Crippen LogP contribution is -2.17. The summed E-state index contributed by atoms with van der Waals surface area (Å²) in [5, 5.41) is 17.1. The quantitative estimate of drug-likeness (QED) is 0.499. The fourth-order valence-electron chi connectivity index (χ4n) is 3.55. The Bertz CT molecular complexity index is 1000. The van der Waals surface area contributed by atoms with Gasteiger partial charge in [0.25, 0.3) is 5.95 Å². The Hall–Kier alpha value is -2.53. The summed E-state index contributed by atoms with van der Waals surface area (Å²) in [4.78, 5) is 13.3. The number of aromatic nitrogens is 4. The molecule has 0 atom stereocenters. The number of fused-ring (bicyclic) bond motifs is 1. The number of amides is 1. The molecule has 0 spiro atoms. The van der Waals surface area contributed by atoms with Gasteiger partial charge in [-0.1, -0.05) is 35.7 Å². The lowest BCUT2D eigenvalue weighted by molar-refractivity contribution is 0.215. The number of nitrogens with zero attached hydrogens (tertiary/aromatic N) is 3. The number of aromatic amines is 1. The van der Waals surface area contributed by atoms with Crippen molar-refractivity contribution in [1.29, 1.82) is 0 Å². The van der Waals surface area contributed by atoms with Crippen molar-refractivity contribution in [2.45, 2.75) is 37.0 Å². The van der Waals surface area contributed by atoms with Crippen LogP contribution in [0.4, 0.5) is 10.7 Å². The van der Waals surface area contributed by atoms with E-state index in [1.807, 2.05) is 12.1 Å². The van der Waals surface area contributed by atoms with Gasteiger partial charge >= 0.3 is 6.09 Å². The minimum Gasteiger partial charge on any atom is -0.493 e. The van der Waals surface area contributed by atoms with Gasteiger partial charge in [0.1, 0.15) is 0 Å². The average Bonchev–Trinajstić information content (AvgIpc) is 3.39. The summed E-state index contributed by atoms with van der Waals surface area (Å²) in [5.41, 5.74) is 0. The predicted molar refractivity (Wildman–Crippen MR) is 116 cm³/mol. The highest BCUT2D eigenvalue weighted by atomic mass is 32.2. The summed E-state index contributed by atoms with van der Waals surface area (Å²) >= 11 is 3.13. The molecule has 3 aromatic rings. The van der Waals surface area contributed by atoms with E-state index in [1.165, 1.54) is 43.4 Å². The number of tetrazole rings is 1. The highest BCUT2D eigenvalue weighted by Crippen LogP contribution is 2.48. The van der Waals surface area contributed by atoms with E-state index in [-0.39, 0.29) is 5.95 Å². The van der Waals surface area contributed by atoms with Crippen LogP contribution in [-0.2, 0) is 0 Å². The summed E-state index contributed by atoms with van der Waals surface area (Å²) < 4.78 is 17.5. The van der Waals surface area contributed by atoms with Crippen molar-refractivity contribution in [3.63, 3.8) is 0 Å². The van der Waals surface area contributed by atoms with Gasteiger partial charge in [0.15, 0.2) is 11.5 Å². The average molecular weight is 450 g/mol. The van der Waals surface area contributed by atoms with Gasteiger partial charge in [-0.2, -0.15) is 5.21 Å². The molecule has 0 radical (unpaired) electrons. The summed E-state index contributed by atoms with van der Waals surface area (Å²) in [6.07, 6.45) is 5.74. The third kappa shape index (κ3) is 4.62. The summed E-state index contributed by atoms with van der Waals surface area (Å²) in [7, 11) is 3.21. The molecule has 0 bridgehead atoms. The molecule has 2 aromatic heterocycles. The molecule has 0 saturated heterocycles. The summed E-state index contributed by atoms with van der Waals surface area (Å²) in [6, 6.07) is 3.85. The summed E-state index contributed by atoms with van der Waals surface area (Å²) in [5.74, 6) is 3.01. The molecular weight excluding hydrogens is 426 g/mol. The standard InChI is InChI=1S/C19H23N5O4S2/c1-26-13-8-12-15(9-14(13)27-2)30-17(28-19(25)20-18-21-23-24-22-18)16(12)29-10-11-6-4-3-5-7-11/h8-9,11H,3-7,10H2,1-2H3,(H2,20,21,22,23,24,25). The number of rotatable bonds is 7. The van der Waals surface area contributed by atoms with Crippen molar-refractivity contribution < 1.29 is 19.0 Å². The first-order valence-corrected chi connectivity index (χ1v) is 11.5. The zero-order valence-electron chi connectivity index (χ0n) is 16.8. The minimum absolute atomic E-state index is 0.0564. The third-order valence-electron chi connectivity index (χ3n) is 5.05. The first-order chi connectivity index (χ1) is 14.7. The summed E-state index contributed by atoms with van der Waals surface area (Å²) in [6.45, 7) is 0. The first kappa shape index (κ1) is 20.7. The molecule has 1 aliphatic rings. The van der Waals surface area contributed by atoms with Crippen LogP contribution in [0.3, 0.4) is 0 Å². The molecule has 9 nitrogen and oxygen atoms in total. The van der Waals surface area contributed by atoms with Crippen LogP contribution in [0.25, 0.3) is 10.1 Å². The Morgan fingerprint density at radius 2 is 2.00 bits per heavy atom. The van der Waals surface area contributed by atoms with Crippen molar-refractivity contribution in [2.24, 2.45) is 5.92 Å². The van der Waals surface area contributed by atoms with Crippen LogP contribution >= 0.6 is 23.1 Å². The molecule has 0 unspecified atom stereocenters. The number of carbonyl (C=O) groups excluding carboxylic acids is 1. The van der Waals surface area contributed by atoms with Crippen molar-refractivity contribution in [3.05, 3.63) is 12.1 Å². The van der Waals surface area contributed by atoms with Crippen LogP contribution < -0.4 is 19.5 Å². The number of methoxy groups -OCH3 is 2. The second-order valence-corrected chi connectivity index (χ2v) is 9.03. The van der Waals surface area contributed by atoms with Gasteiger partial charge in [0, 0.05) is 21.9 Å². The van der Waals surface area contributed by atoms with Gasteiger partial charge in [-0.25, -0.2) is 4.79 Å². The molecule has 0 aliphatic heterocycles. The number of hydrogen-bond acceptors (Lipinski definition) is 9. The first-order valence-electron chi connectivity index (χ1n) is 9.71. The van der Waals surface area contributed by atoms with Crippen LogP contribution in [0, 0.1) is 5.92 Å². The fraction of sp³-hybridized carbons (Fsp3) is 0.474. The molecule has 30 heavy (non-hydrogen) atoms. The number of hydrogen-bond donors (Lipinski definition) is 2. The van der Waals surface area contributed by atoms with Crippen molar-refractivity contribution >= 4 is 45.2 Å². The molecule has 2 N–H and O–H groups in total. The van der Waals surface area contributed by atoms with Gasteiger partial charge in [0.2, 0.25) is 5.06 Å². The van der Waals surface area contributed by atoms with Crippen molar-refractivity contribution in [1.82, 2.24) is 20.6 Å². The van der Waals surface area contributed by atoms with E-state index in [0.29, 0.717) is 22.5 Å². The Labute approximate surface area is 181 Å². The highest BCUT2D eigenvalue weighted by molar-refractivity contribution is 7.99. The maximum absolute atomic E-state index is 12.4. The number of nitrogens with one attached hydrogen (secondary N) is 2. The number of H-pyrrole nitrogens is 1. The molecule has 11 heteroatoms. The Morgan fingerprint density at radius 3 is 2.70 bits per heavy atom. The van der Waals surface area contributed by atoms with E-state index in [4.69, 9.17) is 14.2 Å². The zero-order valence-corrected chi connectivity index (χ0v) is 18.4. The van der Waals surface area contributed by atoms with E-state index >= 15 is 0 Å². The van der Waals surface area contributed by atoms with Crippen LogP contribution in [-0.4, -0.2) is 46.7 Å². The fourth-order valence-corrected chi connectivity index (χ4v) is 6.10. The third-order valence-corrected chi connectivity index (χ3v) is 7.54. The SMILES string of the molecule is COc1cc2sc(OC(=O)Nc3nn[nH]n3)c(SCC3CCCCC3)c2cc1OC. The monoisotopic (exact) mass is 449 g/mol. The number of carbonyl (C=O) groups is 1. The molecule has 1 aliphatic carbocycles. The zero-order chi connectivity index (χ0) is 20.9. The van der Waals surface area contributed by atoms with Crippen LogP contribution in [0.15, 0.2) is 17.0 Å². The van der Waals surface area contributed by atoms with Gasteiger partial charge < -0.3 is 14.2 Å². The van der Waals surface area contributed by atoms with E-state index in [0.717, 1.165) is 20.7 Å². The molecular formula is C19H23N5O4S2. The molecule has 2 heterocycles. The van der Waals surface area contributed by atoms with Gasteiger partial charge in [0.05, 0.1) is 19.1 Å². The normalized spacial score (nSPS) is 14.6. The molecule has 4 rings (SSSR count). The van der Waals surface area contributed by atoms with Crippen LogP contribution in [0.2, 0.25) is 0 Å². The second-order valence-electron chi connectivity index (χ2n) is 6.99. The van der Waals surface area contributed by atoms with E-state index in [2.05, 4.69) is 25.9 Å². The van der Waals surface area contributed by atoms with Gasteiger partial charge in [-0.05, 0) is 30.0 Å². The Kier molecular flexibility index (Phi) is 6.58. The number of thiophene rings is 1. The van der Waals surface area contributed by atoms with E-state index in [1.54, 1.807) is 26.0 Å². The lowest BCUT2D eigenvalue weighted by atomic mass is 9.91. The number of ether oxygens (including phenoxy) is 3. The van der Waals surface area contributed by atoms with Crippen LogP contribution in [0.5, 0.6) is 16.6 Å². The molecule has 1 aromatic carbocycles. The number of thioether (sulfide) groups is 1. The van der Waals surface area contributed by atoms with Gasteiger partial charge in [-0.3, -0.25) is 5.32 Å². The lowest BCUT2D eigenvalue weighted by Gasteiger charge is -2.21. The second kappa shape index (κ2) is 9.52. The highest BCUT2D eigenvalue weighted by Gasteiger charge is 2.22. The smallest absolute Gasteiger partial charge is 0.420 e. The number of benzene rings is 1. The Morgan fingerprint density at radius 1 is 1.23 bits per heavy atom. The largest absolute Gasteiger partial charge is 0.493 e. The maximum atomic E-state index is 12.4. The molecule has 160 valence electrons. The Balaban J connectivity index is 1.62. The van der Waals surface area contributed by atoms with Crippen LogP contribution in [0.1, 0.15) is 32.1 Å². The van der Waals surface area contributed by atoms with Crippen molar-refractivity contribution in [2.75, 3.05) is 25.3 Å². The van der Waals surface area contributed by atoms with E-state index < -0.39 is 6.09 Å². The number of anilines is 1.